The standard InChI is InChI=1S/C16H22FNO5/c1-15(2,3)23-14(21)18-9-16(10-22-4,13(19)20)11-6-5-7-12(17)8-11/h5-8H,9-10H2,1-4H3,(H,18,21)(H,19,20). The van der Waals surface area contributed by atoms with Crippen LogP contribution < -0.4 is 5.32 Å². The number of carbonyl (C=O) groups excluding carboxylic acids is 1. The molecular formula is C16H22FNO5. The Bertz CT molecular complexity index is 570. The molecule has 0 saturated heterocycles. The van der Waals surface area contributed by atoms with Gasteiger partial charge in [0, 0.05) is 13.7 Å². The maximum absolute atomic E-state index is 13.5. The minimum absolute atomic E-state index is 0.197. The monoisotopic (exact) mass is 327 g/mol. The molecule has 0 aliphatic rings. The van der Waals surface area contributed by atoms with Crippen molar-refractivity contribution in [3.63, 3.8) is 0 Å². The van der Waals surface area contributed by atoms with Gasteiger partial charge in [-0.3, -0.25) is 4.79 Å². The van der Waals surface area contributed by atoms with Crippen LogP contribution in [0, 0.1) is 5.82 Å². The topological polar surface area (TPSA) is 84.9 Å². The Balaban J connectivity index is 3.06. The Morgan fingerprint density at radius 1 is 1.30 bits per heavy atom. The number of carboxylic acids is 1. The summed E-state index contributed by atoms with van der Waals surface area (Å²) >= 11 is 0. The van der Waals surface area contributed by atoms with Crippen LogP contribution in [-0.4, -0.2) is 43.0 Å². The molecule has 0 spiro atoms. The van der Waals surface area contributed by atoms with Crippen LogP contribution in [0.5, 0.6) is 0 Å². The van der Waals surface area contributed by atoms with E-state index in [1.54, 1.807) is 20.8 Å². The first-order chi connectivity index (χ1) is 10.6. The molecule has 2 N–H and O–H groups in total. The molecule has 0 heterocycles. The summed E-state index contributed by atoms with van der Waals surface area (Å²) in [6.45, 7) is 4.55. The molecule has 0 saturated carbocycles. The lowest BCUT2D eigenvalue weighted by Crippen LogP contribution is -2.50. The lowest BCUT2D eigenvalue weighted by molar-refractivity contribution is -0.145. The number of rotatable bonds is 6. The van der Waals surface area contributed by atoms with Gasteiger partial charge < -0.3 is 19.9 Å². The molecule has 1 unspecified atom stereocenters. The van der Waals surface area contributed by atoms with Crippen molar-refractivity contribution < 1.29 is 28.6 Å². The SMILES string of the molecule is COCC(CNC(=O)OC(C)(C)C)(C(=O)O)c1cccc(F)c1. The zero-order chi connectivity index (χ0) is 17.7. The Kier molecular flexibility index (Phi) is 6.09. The third-order valence-electron chi connectivity index (χ3n) is 3.11. The number of halogens is 1. The molecule has 1 aromatic rings. The summed E-state index contributed by atoms with van der Waals surface area (Å²) in [5.74, 6) is -1.80. The molecule has 0 radical (unpaired) electrons. The van der Waals surface area contributed by atoms with E-state index < -0.39 is 28.9 Å². The van der Waals surface area contributed by atoms with Crippen LogP contribution in [0.4, 0.5) is 9.18 Å². The van der Waals surface area contributed by atoms with Crippen molar-refractivity contribution in [3.8, 4) is 0 Å². The summed E-state index contributed by atoms with van der Waals surface area (Å²) < 4.78 is 23.6. The third-order valence-corrected chi connectivity index (χ3v) is 3.11. The smallest absolute Gasteiger partial charge is 0.407 e. The van der Waals surface area contributed by atoms with E-state index in [1.165, 1.54) is 25.3 Å². The van der Waals surface area contributed by atoms with Crippen LogP contribution in [0.2, 0.25) is 0 Å². The lowest BCUT2D eigenvalue weighted by atomic mass is 9.81. The molecule has 0 aliphatic carbocycles. The molecule has 1 atom stereocenters. The average molecular weight is 327 g/mol. The van der Waals surface area contributed by atoms with Gasteiger partial charge in [-0.15, -0.1) is 0 Å². The molecule has 1 aromatic carbocycles. The van der Waals surface area contributed by atoms with Gasteiger partial charge in [-0.05, 0) is 38.5 Å². The van der Waals surface area contributed by atoms with Gasteiger partial charge >= 0.3 is 12.1 Å². The van der Waals surface area contributed by atoms with Gasteiger partial charge in [0.25, 0.3) is 0 Å². The van der Waals surface area contributed by atoms with Gasteiger partial charge in [0.05, 0.1) is 6.61 Å². The molecule has 0 bridgehead atoms. The first kappa shape index (κ1) is 18.9. The van der Waals surface area contributed by atoms with Gasteiger partial charge in [-0.1, -0.05) is 12.1 Å². The molecule has 7 heteroatoms. The molecule has 1 rings (SSSR count). The summed E-state index contributed by atoms with van der Waals surface area (Å²) in [7, 11) is 1.34. The van der Waals surface area contributed by atoms with E-state index in [1.807, 2.05) is 0 Å². The normalized spacial score (nSPS) is 14.0. The number of amides is 1. The zero-order valence-corrected chi connectivity index (χ0v) is 13.7. The summed E-state index contributed by atoms with van der Waals surface area (Å²) in [5.41, 5.74) is -2.13. The number of hydrogen-bond acceptors (Lipinski definition) is 4. The second-order valence-electron chi connectivity index (χ2n) is 6.19. The Hall–Kier alpha value is -2.15. The van der Waals surface area contributed by atoms with E-state index >= 15 is 0 Å². The molecule has 0 aromatic heterocycles. The van der Waals surface area contributed by atoms with Gasteiger partial charge in [0.15, 0.2) is 0 Å². The van der Waals surface area contributed by atoms with Crippen LogP contribution in [0.3, 0.4) is 0 Å². The minimum atomic E-state index is -1.62. The predicted octanol–water partition coefficient (Wildman–Crippen LogP) is 2.32. The molecule has 128 valence electrons. The summed E-state index contributed by atoms with van der Waals surface area (Å²) in [4.78, 5) is 23.6. The minimum Gasteiger partial charge on any atom is -0.480 e. The van der Waals surface area contributed by atoms with E-state index in [9.17, 15) is 19.1 Å². The van der Waals surface area contributed by atoms with Crippen molar-refractivity contribution in [2.45, 2.75) is 31.8 Å². The summed E-state index contributed by atoms with van der Waals surface area (Å²) in [5, 5.41) is 12.1. The van der Waals surface area contributed by atoms with E-state index in [0.29, 0.717) is 0 Å². The second-order valence-corrected chi connectivity index (χ2v) is 6.19. The maximum Gasteiger partial charge on any atom is 0.407 e. The largest absolute Gasteiger partial charge is 0.480 e. The number of hydrogen-bond donors (Lipinski definition) is 2. The summed E-state index contributed by atoms with van der Waals surface area (Å²) in [6.07, 6.45) is -0.754. The van der Waals surface area contributed by atoms with Crippen LogP contribution in [0.15, 0.2) is 24.3 Å². The highest BCUT2D eigenvalue weighted by Gasteiger charge is 2.41. The fourth-order valence-electron chi connectivity index (χ4n) is 2.07. The van der Waals surface area contributed by atoms with E-state index in [4.69, 9.17) is 9.47 Å². The number of benzene rings is 1. The van der Waals surface area contributed by atoms with Crippen LogP contribution in [0.25, 0.3) is 0 Å². The Labute approximate surface area is 134 Å². The van der Waals surface area contributed by atoms with E-state index in [0.717, 1.165) is 6.07 Å². The van der Waals surface area contributed by atoms with Gasteiger partial charge in [-0.2, -0.15) is 0 Å². The molecule has 0 aliphatic heterocycles. The van der Waals surface area contributed by atoms with E-state index in [-0.39, 0.29) is 18.7 Å². The highest BCUT2D eigenvalue weighted by molar-refractivity contribution is 5.83. The number of alkyl carbamates (subject to hydrolysis) is 1. The first-order valence-corrected chi connectivity index (χ1v) is 7.06. The highest BCUT2D eigenvalue weighted by Crippen LogP contribution is 2.26. The van der Waals surface area contributed by atoms with Crippen molar-refractivity contribution in [2.24, 2.45) is 0 Å². The highest BCUT2D eigenvalue weighted by atomic mass is 19.1. The second kappa shape index (κ2) is 7.41. The van der Waals surface area contributed by atoms with E-state index in [2.05, 4.69) is 5.32 Å². The quantitative estimate of drug-likeness (QED) is 0.837. The zero-order valence-electron chi connectivity index (χ0n) is 13.7. The molecular weight excluding hydrogens is 305 g/mol. The van der Waals surface area contributed by atoms with Crippen LogP contribution in [-0.2, 0) is 19.7 Å². The van der Waals surface area contributed by atoms with Crippen molar-refractivity contribution in [1.29, 1.82) is 0 Å². The number of nitrogens with one attached hydrogen (secondary N) is 1. The fourth-order valence-corrected chi connectivity index (χ4v) is 2.07. The van der Waals surface area contributed by atoms with Gasteiger partial charge in [0.1, 0.15) is 16.8 Å². The molecule has 0 fully saturated rings. The number of aliphatic carboxylic acids is 1. The maximum atomic E-state index is 13.5. The molecule has 6 nitrogen and oxygen atoms in total. The fraction of sp³-hybridized carbons (Fsp3) is 0.500. The molecule has 23 heavy (non-hydrogen) atoms. The van der Waals surface area contributed by atoms with Crippen LogP contribution >= 0.6 is 0 Å². The van der Waals surface area contributed by atoms with Crippen molar-refractivity contribution in [1.82, 2.24) is 5.32 Å². The molecule has 1 amide bonds. The number of methoxy groups -OCH3 is 1. The van der Waals surface area contributed by atoms with Crippen molar-refractivity contribution >= 4 is 12.1 Å². The van der Waals surface area contributed by atoms with Gasteiger partial charge in [-0.25, -0.2) is 9.18 Å². The lowest BCUT2D eigenvalue weighted by Gasteiger charge is -2.30. The van der Waals surface area contributed by atoms with Crippen molar-refractivity contribution in [2.75, 3.05) is 20.3 Å². The van der Waals surface area contributed by atoms with Crippen molar-refractivity contribution in [3.05, 3.63) is 35.6 Å². The van der Waals surface area contributed by atoms with Gasteiger partial charge in [0.2, 0.25) is 0 Å². The first-order valence-electron chi connectivity index (χ1n) is 7.06. The third kappa shape index (κ3) is 5.21. The Morgan fingerprint density at radius 3 is 2.43 bits per heavy atom. The number of carboxylic acid groups (broad SMARTS) is 1. The number of carbonyl (C=O) groups is 2. The van der Waals surface area contributed by atoms with Crippen LogP contribution in [0.1, 0.15) is 26.3 Å². The average Bonchev–Trinajstić information content (AvgIpc) is 2.41. The Morgan fingerprint density at radius 2 is 1.96 bits per heavy atom. The summed E-state index contributed by atoms with van der Waals surface area (Å²) in [6, 6.07) is 5.21. The predicted molar refractivity (Wildman–Crippen MR) is 81.8 cm³/mol. The number of ether oxygens (including phenoxy) is 2.